The predicted octanol–water partition coefficient (Wildman–Crippen LogP) is 5.71. The number of aryl methyl sites for hydroxylation is 2. The Hall–Kier alpha value is -3.86. The van der Waals surface area contributed by atoms with Crippen LogP contribution in [0.1, 0.15) is 40.4 Å². The Labute approximate surface area is 210 Å². The van der Waals surface area contributed by atoms with E-state index in [9.17, 15) is 26.4 Å². The number of carbonyl (C=O) groups excluding carboxylic acids is 1. The number of benzene rings is 3. The van der Waals surface area contributed by atoms with Crippen LogP contribution in [0.5, 0.6) is 5.75 Å². The van der Waals surface area contributed by atoms with Gasteiger partial charge in [-0.05, 0) is 49.7 Å². The minimum atomic E-state index is -5.89. The normalized spacial score (nSPS) is 15.1. The maximum Gasteiger partial charge on any atom is 0.536 e. The Morgan fingerprint density at radius 2 is 1.84 bits per heavy atom. The lowest BCUT2D eigenvalue weighted by molar-refractivity contribution is -0.0541. The Morgan fingerprint density at radius 1 is 1.11 bits per heavy atom. The number of ether oxygens (including phenoxy) is 1. The molecular weight excluding hydrogens is 509 g/mol. The van der Waals surface area contributed by atoms with Gasteiger partial charge in [0.15, 0.2) is 5.78 Å². The Morgan fingerprint density at radius 3 is 2.54 bits per heavy atom. The smallest absolute Gasteiger partial charge is 0.492 e. The highest BCUT2D eigenvalue weighted by atomic mass is 32.2. The minimum Gasteiger partial charge on any atom is -0.492 e. The number of aromatic nitrogens is 1. The summed E-state index contributed by atoms with van der Waals surface area (Å²) < 4.78 is 72.8. The van der Waals surface area contributed by atoms with Crippen molar-refractivity contribution in [2.75, 3.05) is 6.61 Å². The molecule has 11 heteroatoms. The molecule has 0 aliphatic carbocycles. The summed E-state index contributed by atoms with van der Waals surface area (Å²) in [5, 5.41) is 4.71. The third kappa shape index (κ3) is 4.12. The van der Waals surface area contributed by atoms with Gasteiger partial charge in [-0.15, -0.1) is 0 Å². The zero-order chi connectivity index (χ0) is 26.5. The summed E-state index contributed by atoms with van der Waals surface area (Å²) in [6.07, 6.45) is 0.0509. The van der Waals surface area contributed by atoms with Gasteiger partial charge < -0.3 is 9.30 Å². The molecule has 1 aliphatic heterocycles. The van der Waals surface area contributed by atoms with Crippen molar-refractivity contribution in [3.05, 3.63) is 76.9 Å². The van der Waals surface area contributed by atoms with Crippen LogP contribution in [0.15, 0.2) is 59.8 Å². The molecule has 37 heavy (non-hydrogen) atoms. The highest BCUT2D eigenvalue weighted by Gasteiger charge is 2.49. The largest absolute Gasteiger partial charge is 0.536 e. The zero-order valence-corrected chi connectivity index (χ0v) is 20.6. The number of ketones is 1. The lowest BCUT2D eigenvalue weighted by Crippen LogP contribution is -2.25. The van der Waals surface area contributed by atoms with Gasteiger partial charge in [0.25, 0.3) is 0 Å². The van der Waals surface area contributed by atoms with Crippen molar-refractivity contribution in [2.45, 2.75) is 32.3 Å². The van der Waals surface area contributed by atoms with E-state index in [1.54, 1.807) is 36.4 Å². The molecule has 5 rings (SSSR count). The van der Waals surface area contributed by atoms with Crippen molar-refractivity contribution >= 4 is 43.4 Å². The Kier molecular flexibility index (Phi) is 5.98. The molecule has 3 aromatic carbocycles. The molecule has 1 aromatic heterocycles. The van der Waals surface area contributed by atoms with Crippen LogP contribution >= 0.6 is 0 Å². The lowest BCUT2D eigenvalue weighted by Gasteiger charge is -2.20. The third-order valence-corrected chi connectivity index (χ3v) is 7.21. The fourth-order valence-corrected chi connectivity index (χ4v) is 4.89. The number of carbonyl (C=O) groups is 1. The van der Waals surface area contributed by atoms with E-state index < -0.39 is 15.6 Å². The van der Waals surface area contributed by atoms with Crippen LogP contribution in [-0.4, -0.2) is 36.6 Å². The predicted molar refractivity (Wildman–Crippen MR) is 132 cm³/mol. The van der Waals surface area contributed by atoms with E-state index in [0.717, 1.165) is 22.0 Å². The summed E-state index contributed by atoms with van der Waals surface area (Å²) in [5.41, 5.74) is -1.72. The van der Waals surface area contributed by atoms with Gasteiger partial charge in [0.1, 0.15) is 5.75 Å². The van der Waals surface area contributed by atoms with E-state index in [4.69, 9.17) is 4.74 Å². The highest BCUT2D eigenvalue weighted by molar-refractivity contribution is 7.87. The molecule has 0 fully saturated rings. The van der Waals surface area contributed by atoms with Crippen LogP contribution in [-0.2, 0) is 20.9 Å². The molecule has 0 saturated carbocycles. The molecule has 2 heterocycles. The molecule has 0 amide bonds. The second-order valence-corrected chi connectivity index (χ2v) is 10.1. The number of oxime groups is 1. The summed E-state index contributed by atoms with van der Waals surface area (Å²) in [4.78, 5) is 13.3. The van der Waals surface area contributed by atoms with Crippen molar-refractivity contribution in [1.82, 2.24) is 4.57 Å². The Balaban J connectivity index is 1.69. The molecule has 0 spiro atoms. The van der Waals surface area contributed by atoms with E-state index in [1.165, 1.54) is 0 Å². The number of rotatable bonds is 5. The average molecular weight is 531 g/mol. The van der Waals surface area contributed by atoms with E-state index in [0.29, 0.717) is 34.4 Å². The van der Waals surface area contributed by atoms with Crippen LogP contribution in [0.25, 0.3) is 21.8 Å². The standard InChI is InChI=1S/C26H21F3N2O5S/c1-3-31-21-10-8-16(24(32)17-7-5-4-6-15(17)2)14-19(21)23-22(31)11-9-18-20(12-13-35-25(18)23)30-36-37(33,34)26(27,28)29/h4-11,14H,3,12-13H2,1-2H3/b30-20+. The molecule has 0 atom stereocenters. The first-order chi connectivity index (χ1) is 17.5. The van der Waals surface area contributed by atoms with Gasteiger partial charge in [0.2, 0.25) is 0 Å². The van der Waals surface area contributed by atoms with Crippen LogP contribution in [0.4, 0.5) is 13.2 Å². The topological polar surface area (TPSA) is 87.0 Å². The quantitative estimate of drug-likeness (QED) is 0.188. The van der Waals surface area contributed by atoms with Gasteiger partial charge in [-0.25, -0.2) is 0 Å². The van der Waals surface area contributed by atoms with Crippen molar-refractivity contribution in [3.8, 4) is 5.75 Å². The van der Waals surface area contributed by atoms with Gasteiger partial charge in [-0.1, -0.05) is 29.4 Å². The molecule has 0 N–H and O–H groups in total. The first kappa shape index (κ1) is 24.8. The van der Waals surface area contributed by atoms with E-state index in [1.807, 2.05) is 36.6 Å². The second kappa shape index (κ2) is 8.91. The molecule has 0 bridgehead atoms. The molecule has 4 aromatic rings. The zero-order valence-electron chi connectivity index (χ0n) is 19.8. The first-order valence-corrected chi connectivity index (χ1v) is 12.8. The molecule has 0 unspecified atom stereocenters. The summed E-state index contributed by atoms with van der Waals surface area (Å²) >= 11 is 0. The second-order valence-electron chi connectivity index (χ2n) is 8.57. The average Bonchev–Trinajstić information content (AvgIpc) is 3.19. The number of alkyl halides is 3. The SMILES string of the molecule is CCn1c2ccc(C(=O)c3ccccc3C)cc2c2c3c(ccc21)/C(=N/OS(=O)(=O)C(F)(F)F)CCO3. The molecule has 7 nitrogen and oxygen atoms in total. The molecular formula is C26H21F3N2O5S. The fourth-order valence-electron chi connectivity index (χ4n) is 4.62. The number of hydrogen-bond donors (Lipinski definition) is 0. The Bertz CT molecular complexity index is 1710. The summed E-state index contributed by atoms with van der Waals surface area (Å²) in [7, 11) is -5.89. The van der Waals surface area contributed by atoms with Gasteiger partial charge in [0, 0.05) is 40.6 Å². The van der Waals surface area contributed by atoms with Gasteiger partial charge in [0.05, 0.1) is 23.2 Å². The lowest BCUT2D eigenvalue weighted by atomic mass is 9.96. The van der Waals surface area contributed by atoms with Crippen LogP contribution in [0.2, 0.25) is 0 Å². The highest BCUT2D eigenvalue weighted by Crippen LogP contribution is 2.41. The van der Waals surface area contributed by atoms with Crippen molar-refractivity contribution in [2.24, 2.45) is 5.16 Å². The maximum atomic E-state index is 13.3. The van der Waals surface area contributed by atoms with Gasteiger partial charge in [-0.2, -0.15) is 21.6 Å². The van der Waals surface area contributed by atoms with E-state index in [-0.39, 0.29) is 24.5 Å². The molecule has 1 aliphatic rings. The van der Waals surface area contributed by atoms with Crippen LogP contribution in [0, 0.1) is 6.92 Å². The van der Waals surface area contributed by atoms with E-state index in [2.05, 4.69) is 9.44 Å². The van der Waals surface area contributed by atoms with Crippen molar-refractivity contribution in [3.63, 3.8) is 0 Å². The van der Waals surface area contributed by atoms with E-state index >= 15 is 0 Å². The number of hydrogen-bond acceptors (Lipinski definition) is 6. The monoisotopic (exact) mass is 530 g/mol. The fraction of sp³-hybridized carbons (Fsp3) is 0.231. The summed E-state index contributed by atoms with van der Waals surface area (Å²) in [6, 6.07) is 16.1. The maximum absolute atomic E-state index is 13.3. The van der Waals surface area contributed by atoms with Gasteiger partial charge in [-0.3, -0.25) is 9.08 Å². The van der Waals surface area contributed by atoms with Crippen LogP contribution < -0.4 is 4.74 Å². The molecule has 0 saturated heterocycles. The van der Waals surface area contributed by atoms with Crippen molar-refractivity contribution < 1.29 is 35.4 Å². The number of halogens is 3. The van der Waals surface area contributed by atoms with Crippen molar-refractivity contribution in [1.29, 1.82) is 0 Å². The summed E-state index contributed by atoms with van der Waals surface area (Å²) in [6.45, 7) is 4.49. The minimum absolute atomic E-state index is 0.0144. The third-order valence-electron chi connectivity index (χ3n) is 6.38. The van der Waals surface area contributed by atoms with Crippen LogP contribution in [0.3, 0.4) is 0 Å². The number of fused-ring (bicyclic) bond motifs is 5. The summed E-state index contributed by atoms with van der Waals surface area (Å²) in [5.74, 6) is 0.198. The molecule has 192 valence electrons. The number of nitrogens with zero attached hydrogens (tertiary/aromatic N) is 2. The van der Waals surface area contributed by atoms with Gasteiger partial charge >= 0.3 is 15.6 Å². The molecule has 0 radical (unpaired) electrons. The first-order valence-electron chi connectivity index (χ1n) is 11.4.